The van der Waals surface area contributed by atoms with Gasteiger partial charge in [-0.2, -0.15) is 0 Å². The highest BCUT2D eigenvalue weighted by Gasteiger charge is 2.44. The normalized spacial score (nSPS) is 14.8. The fourth-order valence-corrected chi connectivity index (χ4v) is 3.86. The topological polar surface area (TPSA) is 137 Å². The van der Waals surface area contributed by atoms with E-state index in [0.717, 1.165) is 0 Å². The first-order valence-corrected chi connectivity index (χ1v) is 12.1. The van der Waals surface area contributed by atoms with Gasteiger partial charge in [-0.05, 0) is 88.1 Å². The summed E-state index contributed by atoms with van der Waals surface area (Å²) in [7, 11) is 1.54. The van der Waals surface area contributed by atoms with Crippen molar-refractivity contribution in [3.8, 4) is 11.5 Å². The average molecular weight is 514 g/mol. The van der Waals surface area contributed by atoms with Gasteiger partial charge in [0.25, 0.3) is 5.91 Å². The number of carbonyl (C=O) groups is 3. The number of carbonyl (C=O) groups excluding carboxylic acids is 3. The predicted octanol–water partition coefficient (Wildman–Crippen LogP) is 3.27. The molecule has 1 aliphatic carbocycles. The van der Waals surface area contributed by atoms with Crippen molar-refractivity contribution in [3.63, 3.8) is 0 Å². The second kappa shape index (κ2) is 11.5. The molecule has 2 aromatic rings. The molecule has 2 aromatic carbocycles. The van der Waals surface area contributed by atoms with E-state index in [1.807, 2.05) is 0 Å². The zero-order valence-electron chi connectivity index (χ0n) is 21.8. The average Bonchev–Trinajstić information content (AvgIpc) is 3.67. The van der Waals surface area contributed by atoms with E-state index < -0.39 is 42.2 Å². The van der Waals surface area contributed by atoms with Gasteiger partial charge in [-0.1, -0.05) is 6.07 Å². The first-order chi connectivity index (χ1) is 17.4. The molecule has 2 unspecified atom stereocenters. The molecule has 0 bridgehead atoms. The molecule has 0 radical (unpaired) electrons. The number of aliphatic hydroxyl groups is 1. The van der Waals surface area contributed by atoms with Gasteiger partial charge in [0.1, 0.15) is 29.2 Å². The van der Waals surface area contributed by atoms with Crippen LogP contribution in [-0.2, 0) is 14.3 Å². The third-order valence-corrected chi connectivity index (χ3v) is 5.79. The number of aliphatic hydroxyl groups excluding tert-OH is 1. The quantitative estimate of drug-likeness (QED) is 0.404. The van der Waals surface area contributed by atoms with E-state index in [0.29, 0.717) is 35.4 Å². The number of phenolic OH excluding ortho intramolecular Hbond substituents is 1. The maximum Gasteiger partial charge on any atom is 0.408 e. The van der Waals surface area contributed by atoms with Gasteiger partial charge in [-0.3, -0.25) is 9.59 Å². The number of rotatable bonds is 9. The van der Waals surface area contributed by atoms with E-state index in [-0.39, 0.29) is 11.8 Å². The SMILES string of the molecule is COc1ccc(NC(=O)C(c2ccc(O)c(C)c2)N(C(=O)C(CO)NC(=O)OC(C)(C)C)C2CC2)cc1. The summed E-state index contributed by atoms with van der Waals surface area (Å²) in [4.78, 5) is 41.2. The number of phenols is 1. The first kappa shape index (κ1) is 27.8. The Morgan fingerprint density at radius 2 is 1.76 bits per heavy atom. The first-order valence-electron chi connectivity index (χ1n) is 12.1. The number of benzene rings is 2. The van der Waals surface area contributed by atoms with Gasteiger partial charge in [-0.25, -0.2) is 4.79 Å². The van der Waals surface area contributed by atoms with Crippen molar-refractivity contribution in [2.75, 3.05) is 19.0 Å². The molecule has 4 N–H and O–H groups in total. The molecule has 10 nitrogen and oxygen atoms in total. The highest BCUT2D eigenvalue weighted by Crippen LogP contribution is 2.37. The van der Waals surface area contributed by atoms with E-state index in [9.17, 15) is 24.6 Å². The number of hydrogen-bond acceptors (Lipinski definition) is 7. The van der Waals surface area contributed by atoms with Crippen molar-refractivity contribution in [2.45, 2.75) is 64.3 Å². The van der Waals surface area contributed by atoms with E-state index in [4.69, 9.17) is 9.47 Å². The van der Waals surface area contributed by atoms with Crippen LogP contribution < -0.4 is 15.4 Å². The molecular weight excluding hydrogens is 478 g/mol. The molecule has 200 valence electrons. The second-order valence-electron chi connectivity index (χ2n) is 10.0. The zero-order chi connectivity index (χ0) is 27.3. The molecule has 1 aliphatic rings. The number of alkyl carbamates (subject to hydrolysis) is 1. The third kappa shape index (κ3) is 7.36. The van der Waals surface area contributed by atoms with Crippen LogP contribution in [0.3, 0.4) is 0 Å². The highest BCUT2D eigenvalue weighted by atomic mass is 16.6. The van der Waals surface area contributed by atoms with Crippen LogP contribution >= 0.6 is 0 Å². The van der Waals surface area contributed by atoms with E-state index in [2.05, 4.69) is 10.6 Å². The van der Waals surface area contributed by atoms with Crippen LogP contribution in [0.15, 0.2) is 42.5 Å². The van der Waals surface area contributed by atoms with Crippen LogP contribution in [0.2, 0.25) is 0 Å². The van der Waals surface area contributed by atoms with Gasteiger partial charge in [-0.15, -0.1) is 0 Å². The molecule has 0 heterocycles. The summed E-state index contributed by atoms with van der Waals surface area (Å²) in [6.45, 7) is 6.08. The molecule has 10 heteroatoms. The number of nitrogens with zero attached hydrogens (tertiary/aromatic N) is 1. The summed E-state index contributed by atoms with van der Waals surface area (Å²) < 4.78 is 10.4. The summed E-state index contributed by atoms with van der Waals surface area (Å²) in [6, 6.07) is 8.79. The lowest BCUT2D eigenvalue weighted by Crippen LogP contribution is -2.54. The van der Waals surface area contributed by atoms with Crippen molar-refractivity contribution in [1.29, 1.82) is 0 Å². The van der Waals surface area contributed by atoms with Gasteiger partial charge in [0.2, 0.25) is 5.91 Å². The molecule has 0 spiro atoms. The van der Waals surface area contributed by atoms with Gasteiger partial charge in [0.15, 0.2) is 0 Å². The number of anilines is 1. The molecule has 0 aromatic heterocycles. The Labute approximate surface area is 216 Å². The molecular formula is C27H35N3O7. The Morgan fingerprint density at radius 1 is 1.11 bits per heavy atom. The van der Waals surface area contributed by atoms with Crippen molar-refractivity contribution in [2.24, 2.45) is 0 Å². The molecule has 1 fully saturated rings. The van der Waals surface area contributed by atoms with Crippen LogP contribution in [0, 0.1) is 6.92 Å². The van der Waals surface area contributed by atoms with Gasteiger partial charge in [0, 0.05) is 11.7 Å². The Bertz CT molecular complexity index is 1120. The van der Waals surface area contributed by atoms with Crippen molar-refractivity contribution in [3.05, 3.63) is 53.6 Å². The summed E-state index contributed by atoms with van der Waals surface area (Å²) in [5.41, 5.74) is 0.720. The van der Waals surface area contributed by atoms with Crippen LogP contribution in [0.5, 0.6) is 11.5 Å². The van der Waals surface area contributed by atoms with E-state index in [1.54, 1.807) is 71.2 Å². The van der Waals surface area contributed by atoms with E-state index in [1.165, 1.54) is 11.0 Å². The zero-order valence-corrected chi connectivity index (χ0v) is 21.8. The molecule has 0 saturated heterocycles. The minimum absolute atomic E-state index is 0.0576. The minimum Gasteiger partial charge on any atom is -0.508 e. The standard InChI is InChI=1S/C27H35N3O7/c1-16-14-17(6-13-22(16)32)23(24(33)28-18-7-11-20(36-5)12-8-18)30(19-9-10-19)25(34)21(15-31)29-26(35)37-27(2,3)4/h6-8,11-14,19,21,23,31-32H,9-10,15H2,1-5H3,(H,28,33)(H,29,35). The predicted molar refractivity (Wildman–Crippen MR) is 137 cm³/mol. The molecule has 3 amide bonds. The monoisotopic (exact) mass is 513 g/mol. The van der Waals surface area contributed by atoms with Crippen LogP contribution in [0.4, 0.5) is 10.5 Å². The fraction of sp³-hybridized carbons (Fsp3) is 0.444. The molecule has 0 aliphatic heterocycles. The van der Waals surface area contributed by atoms with Gasteiger partial charge < -0.3 is 35.2 Å². The molecule has 37 heavy (non-hydrogen) atoms. The summed E-state index contributed by atoms with van der Waals surface area (Å²) in [6.07, 6.45) is 0.481. The highest BCUT2D eigenvalue weighted by molar-refractivity contribution is 5.99. The smallest absolute Gasteiger partial charge is 0.408 e. The lowest BCUT2D eigenvalue weighted by Gasteiger charge is -2.34. The van der Waals surface area contributed by atoms with Crippen LogP contribution in [0.1, 0.15) is 50.8 Å². The number of methoxy groups -OCH3 is 1. The maximum atomic E-state index is 13.7. The van der Waals surface area contributed by atoms with Gasteiger partial charge >= 0.3 is 6.09 Å². The number of aromatic hydroxyl groups is 1. The summed E-state index contributed by atoms with van der Waals surface area (Å²) in [5, 5.41) is 25.3. The maximum absolute atomic E-state index is 13.7. The number of amides is 3. The van der Waals surface area contributed by atoms with Crippen molar-refractivity contribution >= 4 is 23.6 Å². The lowest BCUT2D eigenvalue weighted by atomic mass is 10.00. The summed E-state index contributed by atoms with van der Waals surface area (Å²) >= 11 is 0. The van der Waals surface area contributed by atoms with Crippen LogP contribution in [-0.4, -0.2) is 64.4 Å². The number of aryl methyl sites for hydroxylation is 1. The van der Waals surface area contributed by atoms with Crippen molar-refractivity contribution < 1.29 is 34.1 Å². The third-order valence-electron chi connectivity index (χ3n) is 5.79. The Morgan fingerprint density at radius 3 is 2.27 bits per heavy atom. The Balaban J connectivity index is 1.95. The Hall–Kier alpha value is -3.79. The van der Waals surface area contributed by atoms with E-state index >= 15 is 0 Å². The number of hydrogen-bond donors (Lipinski definition) is 4. The lowest BCUT2D eigenvalue weighted by molar-refractivity contribution is -0.142. The number of ether oxygens (including phenoxy) is 2. The Kier molecular flexibility index (Phi) is 8.65. The second-order valence-corrected chi connectivity index (χ2v) is 10.0. The fourth-order valence-electron chi connectivity index (χ4n) is 3.86. The number of nitrogens with one attached hydrogen (secondary N) is 2. The molecule has 2 atom stereocenters. The largest absolute Gasteiger partial charge is 0.508 e. The summed E-state index contributed by atoms with van der Waals surface area (Å²) in [5.74, 6) is -0.416. The molecule has 1 saturated carbocycles. The van der Waals surface area contributed by atoms with Gasteiger partial charge in [0.05, 0.1) is 13.7 Å². The molecule has 3 rings (SSSR count). The van der Waals surface area contributed by atoms with Crippen molar-refractivity contribution in [1.82, 2.24) is 10.2 Å². The minimum atomic E-state index is -1.31. The van der Waals surface area contributed by atoms with Crippen LogP contribution in [0.25, 0.3) is 0 Å².